The molecule has 0 N–H and O–H groups in total. The van der Waals surface area contributed by atoms with E-state index in [1.165, 1.54) is 11.8 Å². The second-order valence-electron chi connectivity index (χ2n) is 4.86. The van der Waals surface area contributed by atoms with Crippen LogP contribution in [0.15, 0.2) is 27.8 Å². The summed E-state index contributed by atoms with van der Waals surface area (Å²) in [6, 6.07) is 5.47. The Hall–Kier alpha value is -1.77. The molecule has 1 aliphatic rings. The number of methoxy groups -OCH3 is 2. The lowest BCUT2D eigenvalue weighted by Crippen LogP contribution is -2.25. The second-order valence-corrected chi connectivity index (χ2v) is 5.83. The minimum atomic E-state index is 0.158. The Morgan fingerprint density at radius 3 is 2.83 bits per heavy atom. The van der Waals surface area contributed by atoms with Gasteiger partial charge in [0.15, 0.2) is 11.5 Å². The van der Waals surface area contributed by atoms with Crippen molar-refractivity contribution in [2.24, 2.45) is 0 Å². The molecule has 1 fully saturated rings. The summed E-state index contributed by atoms with van der Waals surface area (Å²) in [7, 11) is 3.18. The predicted molar refractivity (Wildman–Crippen MR) is 83.9 cm³/mol. The van der Waals surface area contributed by atoms with Crippen molar-refractivity contribution in [3.05, 3.63) is 18.2 Å². The maximum absolute atomic E-state index is 5.69. The number of thioether (sulfide) groups is 1. The van der Waals surface area contributed by atoms with Gasteiger partial charge in [-0.3, -0.25) is 0 Å². The highest BCUT2D eigenvalue weighted by Crippen LogP contribution is 2.32. The lowest BCUT2D eigenvalue weighted by atomic mass is 10.2. The number of rotatable bonds is 6. The first-order valence-electron chi connectivity index (χ1n) is 7.18. The molecule has 1 aliphatic heterocycles. The molecular formula is C15H18N2O5S. The fourth-order valence-corrected chi connectivity index (χ4v) is 2.98. The molecule has 124 valence electrons. The summed E-state index contributed by atoms with van der Waals surface area (Å²) in [5.74, 6) is 2.48. The van der Waals surface area contributed by atoms with Gasteiger partial charge in [-0.15, -0.1) is 10.2 Å². The van der Waals surface area contributed by atoms with E-state index in [0.717, 1.165) is 24.3 Å². The Labute approximate surface area is 138 Å². The topological polar surface area (TPSA) is 75.8 Å². The molecule has 0 spiro atoms. The van der Waals surface area contributed by atoms with E-state index in [9.17, 15) is 0 Å². The van der Waals surface area contributed by atoms with Gasteiger partial charge in [-0.2, -0.15) is 0 Å². The molecule has 1 aromatic heterocycles. The Bertz CT molecular complexity index is 643. The number of nitrogens with zero attached hydrogens (tertiary/aromatic N) is 2. The van der Waals surface area contributed by atoms with Gasteiger partial charge in [0.25, 0.3) is 5.22 Å². The summed E-state index contributed by atoms with van der Waals surface area (Å²) < 4.78 is 26.8. The quantitative estimate of drug-likeness (QED) is 0.744. The van der Waals surface area contributed by atoms with Crippen LogP contribution in [0.3, 0.4) is 0 Å². The maximum atomic E-state index is 5.69. The molecule has 1 saturated heterocycles. The first kappa shape index (κ1) is 16.1. The van der Waals surface area contributed by atoms with Gasteiger partial charge >= 0.3 is 0 Å². The third kappa shape index (κ3) is 3.95. The predicted octanol–water partition coefficient (Wildman–Crippen LogP) is 2.61. The van der Waals surface area contributed by atoms with E-state index in [0.29, 0.717) is 29.4 Å². The van der Waals surface area contributed by atoms with Gasteiger partial charge in [0.05, 0.1) is 26.9 Å². The zero-order chi connectivity index (χ0) is 16.1. The molecule has 2 heterocycles. The van der Waals surface area contributed by atoms with Crippen LogP contribution in [0.4, 0.5) is 0 Å². The van der Waals surface area contributed by atoms with Crippen LogP contribution in [0.25, 0.3) is 11.5 Å². The zero-order valence-electron chi connectivity index (χ0n) is 13.0. The molecule has 1 atom stereocenters. The van der Waals surface area contributed by atoms with E-state index < -0.39 is 0 Å². The van der Waals surface area contributed by atoms with Crippen molar-refractivity contribution in [1.82, 2.24) is 10.2 Å². The van der Waals surface area contributed by atoms with Crippen LogP contribution in [0.2, 0.25) is 0 Å². The van der Waals surface area contributed by atoms with Gasteiger partial charge in [0.1, 0.15) is 6.79 Å². The first-order valence-corrected chi connectivity index (χ1v) is 8.16. The summed E-state index contributed by atoms with van der Waals surface area (Å²) in [5.41, 5.74) is 0.782. The van der Waals surface area contributed by atoms with Crippen molar-refractivity contribution >= 4 is 11.8 Å². The van der Waals surface area contributed by atoms with Crippen LogP contribution in [0.5, 0.6) is 11.5 Å². The molecule has 8 heteroatoms. The maximum Gasteiger partial charge on any atom is 0.276 e. The minimum Gasteiger partial charge on any atom is -0.493 e. The highest BCUT2D eigenvalue weighted by molar-refractivity contribution is 7.99. The Kier molecular flexibility index (Phi) is 5.37. The van der Waals surface area contributed by atoms with Crippen molar-refractivity contribution in [3.8, 4) is 23.0 Å². The third-order valence-electron chi connectivity index (χ3n) is 3.40. The molecule has 0 bridgehead atoms. The average molecular weight is 338 g/mol. The first-order chi connectivity index (χ1) is 11.3. The number of hydrogen-bond acceptors (Lipinski definition) is 8. The van der Waals surface area contributed by atoms with E-state index in [1.807, 2.05) is 12.1 Å². The molecular weight excluding hydrogens is 320 g/mol. The lowest BCUT2D eigenvalue weighted by Gasteiger charge is -2.21. The van der Waals surface area contributed by atoms with Gasteiger partial charge in [-0.1, -0.05) is 11.8 Å². The van der Waals surface area contributed by atoms with E-state index in [2.05, 4.69) is 10.2 Å². The van der Waals surface area contributed by atoms with Gasteiger partial charge in [-0.05, 0) is 24.6 Å². The van der Waals surface area contributed by atoms with E-state index in [-0.39, 0.29) is 6.10 Å². The molecule has 23 heavy (non-hydrogen) atoms. The SMILES string of the molecule is COc1ccc(-c2nnc(SCC3CCOCO3)o2)cc1OC. The summed E-state index contributed by atoms with van der Waals surface area (Å²) in [4.78, 5) is 0. The largest absolute Gasteiger partial charge is 0.493 e. The minimum absolute atomic E-state index is 0.158. The number of aromatic nitrogens is 2. The lowest BCUT2D eigenvalue weighted by molar-refractivity contribution is -0.130. The number of ether oxygens (including phenoxy) is 4. The van der Waals surface area contributed by atoms with E-state index >= 15 is 0 Å². The number of benzene rings is 1. The second kappa shape index (κ2) is 7.67. The van der Waals surface area contributed by atoms with Crippen LogP contribution < -0.4 is 9.47 Å². The Morgan fingerprint density at radius 1 is 1.22 bits per heavy atom. The molecule has 0 aliphatic carbocycles. The summed E-state index contributed by atoms with van der Waals surface area (Å²) in [5, 5.41) is 8.66. The standard InChI is InChI=1S/C15H18N2O5S/c1-18-12-4-3-10(7-13(12)19-2)14-16-17-15(22-14)23-8-11-5-6-20-9-21-11/h3-4,7,11H,5-6,8-9H2,1-2H3. The molecule has 7 nitrogen and oxygen atoms in total. The van der Waals surface area contributed by atoms with Crippen molar-refractivity contribution in [1.29, 1.82) is 0 Å². The summed E-state index contributed by atoms with van der Waals surface area (Å²) in [6.45, 7) is 1.08. The van der Waals surface area contributed by atoms with Crippen LogP contribution in [-0.4, -0.2) is 49.7 Å². The Morgan fingerprint density at radius 2 is 2.09 bits per heavy atom. The molecule has 1 unspecified atom stereocenters. The molecule has 0 radical (unpaired) electrons. The van der Waals surface area contributed by atoms with E-state index in [1.54, 1.807) is 20.3 Å². The van der Waals surface area contributed by atoms with Crippen molar-refractivity contribution in [2.45, 2.75) is 17.7 Å². The van der Waals surface area contributed by atoms with Crippen molar-refractivity contribution in [3.63, 3.8) is 0 Å². The van der Waals surface area contributed by atoms with Crippen molar-refractivity contribution < 1.29 is 23.4 Å². The van der Waals surface area contributed by atoms with Crippen molar-refractivity contribution in [2.75, 3.05) is 33.4 Å². The van der Waals surface area contributed by atoms with Crippen LogP contribution in [-0.2, 0) is 9.47 Å². The highest BCUT2D eigenvalue weighted by Gasteiger charge is 2.17. The summed E-state index contributed by atoms with van der Waals surface area (Å²) in [6.07, 6.45) is 1.04. The normalized spacial score (nSPS) is 17.9. The van der Waals surface area contributed by atoms with Gasteiger partial charge in [0.2, 0.25) is 5.89 Å². The molecule has 0 amide bonds. The van der Waals surface area contributed by atoms with Crippen LogP contribution in [0, 0.1) is 0 Å². The third-order valence-corrected chi connectivity index (χ3v) is 4.35. The van der Waals surface area contributed by atoms with Gasteiger partial charge in [-0.25, -0.2) is 0 Å². The molecule has 2 aromatic rings. The van der Waals surface area contributed by atoms with Crippen LogP contribution in [0.1, 0.15) is 6.42 Å². The van der Waals surface area contributed by atoms with Crippen LogP contribution >= 0.6 is 11.8 Å². The highest BCUT2D eigenvalue weighted by atomic mass is 32.2. The fraction of sp³-hybridized carbons (Fsp3) is 0.467. The zero-order valence-corrected chi connectivity index (χ0v) is 13.8. The fourth-order valence-electron chi connectivity index (χ4n) is 2.15. The monoisotopic (exact) mass is 338 g/mol. The molecule has 0 saturated carbocycles. The molecule has 3 rings (SSSR count). The van der Waals surface area contributed by atoms with Gasteiger partial charge < -0.3 is 23.4 Å². The summed E-state index contributed by atoms with van der Waals surface area (Å²) >= 11 is 1.48. The van der Waals surface area contributed by atoms with Gasteiger partial charge in [0, 0.05) is 11.3 Å². The number of hydrogen-bond donors (Lipinski definition) is 0. The van der Waals surface area contributed by atoms with E-state index in [4.69, 9.17) is 23.4 Å². The smallest absolute Gasteiger partial charge is 0.276 e. The molecule has 1 aromatic carbocycles. The average Bonchev–Trinajstić information content (AvgIpc) is 3.09. The Balaban J connectivity index is 1.66.